The number of amides is 3. The number of anilines is 2. The molecule has 3 amide bonds. The summed E-state index contributed by atoms with van der Waals surface area (Å²) in [6.07, 6.45) is 2.69. The number of hydrogen-bond donors (Lipinski definition) is 2. The molecule has 1 aliphatic heterocycles. The predicted octanol–water partition coefficient (Wildman–Crippen LogP) is 2.50. The van der Waals surface area contributed by atoms with E-state index in [-0.39, 0.29) is 30.1 Å². The second-order valence-electron chi connectivity index (χ2n) is 7.45. The Bertz CT molecular complexity index is 876. The number of para-hydroxylation sites is 1. The minimum absolute atomic E-state index is 0.0322. The molecule has 1 saturated heterocycles. The van der Waals surface area contributed by atoms with Crippen LogP contribution in [0.15, 0.2) is 54.6 Å². The first-order chi connectivity index (χ1) is 13.6. The third kappa shape index (κ3) is 4.39. The fourth-order valence-corrected chi connectivity index (χ4v) is 3.38. The van der Waals surface area contributed by atoms with Gasteiger partial charge in [-0.15, -0.1) is 0 Å². The molecule has 1 heterocycles. The predicted molar refractivity (Wildman–Crippen MR) is 107 cm³/mol. The van der Waals surface area contributed by atoms with Crippen molar-refractivity contribution in [1.82, 2.24) is 5.32 Å². The minimum Gasteiger partial charge on any atom is -0.353 e. The van der Waals surface area contributed by atoms with Crippen LogP contribution < -0.4 is 15.5 Å². The molecule has 144 valence electrons. The van der Waals surface area contributed by atoms with E-state index in [0.717, 1.165) is 24.1 Å². The van der Waals surface area contributed by atoms with Crippen molar-refractivity contribution in [2.75, 3.05) is 16.8 Å². The molecule has 1 saturated carbocycles. The molecule has 6 nitrogen and oxygen atoms in total. The first kappa shape index (κ1) is 18.2. The Morgan fingerprint density at radius 3 is 2.39 bits per heavy atom. The molecule has 0 radical (unpaired) electrons. The van der Waals surface area contributed by atoms with Crippen molar-refractivity contribution in [2.45, 2.75) is 31.7 Å². The fourth-order valence-electron chi connectivity index (χ4n) is 3.38. The molecule has 28 heavy (non-hydrogen) atoms. The zero-order valence-corrected chi connectivity index (χ0v) is 15.6. The minimum atomic E-state index is -0.378. The molecular formula is C22H23N3O3. The molecule has 0 unspecified atom stereocenters. The normalized spacial score (nSPS) is 18.8. The Kier molecular flexibility index (Phi) is 5.10. The number of carbonyl (C=O) groups excluding carboxylic acids is 3. The van der Waals surface area contributed by atoms with Crippen LogP contribution in [0.3, 0.4) is 0 Å². The summed E-state index contributed by atoms with van der Waals surface area (Å²) in [5.41, 5.74) is 2.39. The smallest absolute Gasteiger partial charge is 0.229 e. The quantitative estimate of drug-likeness (QED) is 0.812. The van der Waals surface area contributed by atoms with Gasteiger partial charge in [-0.1, -0.05) is 30.3 Å². The van der Waals surface area contributed by atoms with Crippen LogP contribution in [0.4, 0.5) is 11.4 Å². The monoisotopic (exact) mass is 377 g/mol. The Morgan fingerprint density at radius 2 is 1.71 bits per heavy atom. The number of benzene rings is 2. The molecule has 2 aliphatic rings. The lowest BCUT2D eigenvalue weighted by atomic mass is 10.1. The molecule has 6 heteroatoms. The number of nitrogens with zero attached hydrogens (tertiary/aromatic N) is 1. The Morgan fingerprint density at radius 1 is 1.00 bits per heavy atom. The van der Waals surface area contributed by atoms with Crippen LogP contribution in [0.5, 0.6) is 0 Å². The topological polar surface area (TPSA) is 78.5 Å². The summed E-state index contributed by atoms with van der Waals surface area (Å²) >= 11 is 0. The van der Waals surface area contributed by atoms with E-state index in [0.29, 0.717) is 24.7 Å². The molecule has 1 aliphatic carbocycles. The van der Waals surface area contributed by atoms with Crippen molar-refractivity contribution in [3.63, 3.8) is 0 Å². The van der Waals surface area contributed by atoms with Gasteiger partial charge in [-0.2, -0.15) is 0 Å². The highest BCUT2D eigenvalue weighted by molar-refractivity contribution is 6.03. The Hall–Kier alpha value is -3.15. The number of nitrogens with one attached hydrogen (secondary N) is 2. The Labute approximate surface area is 163 Å². The second-order valence-corrected chi connectivity index (χ2v) is 7.45. The Balaban J connectivity index is 1.32. The van der Waals surface area contributed by atoms with Gasteiger partial charge in [0, 0.05) is 30.4 Å². The van der Waals surface area contributed by atoms with Crippen LogP contribution in [-0.2, 0) is 20.8 Å². The maximum Gasteiger partial charge on any atom is 0.229 e. The van der Waals surface area contributed by atoms with Crippen LogP contribution in [0, 0.1) is 5.92 Å². The van der Waals surface area contributed by atoms with E-state index in [1.54, 1.807) is 17.0 Å². The van der Waals surface area contributed by atoms with Crippen LogP contribution in [0.2, 0.25) is 0 Å². The van der Waals surface area contributed by atoms with Gasteiger partial charge in [-0.25, -0.2) is 0 Å². The van der Waals surface area contributed by atoms with Gasteiger partial charge in [-0.3, -0.25) is 14.4 Å². The summed E-state index contributed by atoms with van der Waals surface area (Å²) < 4.78 is 0. The lowest BCUT2D eigenvalue weighted by molar-refractivity contribution is -0.122. The molecule has 4 rings (SSSR count). The first-order valence-corrected chi connectivity index (χ1v) is 9.63. The van der Waals surface area contributed by atoms with E-state index in [2.05, 4.69) is 10.6 Å². The van der Waals surface area contributed by atoms with Crippen molar-refractivity contribution in [2.24, 2.45) is 5.92 Å². The maximum absolute atomic E-state index is 12.6. The molecule has 2 N–H and O–H groups in total. The summed E-state index contributed by atoms with van der Waals surface area (Å²) in [6.45, 7) is 0.383. The lowest BCUT2D eigenvalue weighted by Gasteiger charge is -2.16. The zero-order chi connectivity index (χ0) is 19.5. The van der Waals surface area contributed by atoms with Crippen molar-refractivity contribution in [1.29, 1.82) is 0 Å². The van der Waals surface area contributed by atoms with E-state index in [1.807, 2.05) is 42.5 Å². The SMILES string of the molecule is O=C(Cc1ccc(NC(=O)[C@@H]2CC(=O)N(c3ccccc3)C2)cc1)NC1CC1. The van der Waals surface area contributed by atoms with Gasteiger partial charge in [0.15, 0.2) is 0 Å². The van der Waals surface area contributed by atoms with Crippen molar-refractivity contribution >= 4 is 29.1 Å². The van der Waals surface area contributed by atoms with Crippen molar-refractivity contribution in [3.8, 4) is 0 Å². The van der Waals surface area contributed by atoms with Gasteiger partial charge in [0.2, 0.25) is 17.7 Å². The number of carbonyl (C=O) groups is 3. The number of hydrogen-bond acceptors (Lipinski definition) is 3. The summed E-state index contributed by atoms with van der Waals surface area (Å²) in [7, 11) is 0. The lowest BCUT2D eigenvalue weighted by Crippen LogP contribution is -2.28. The van der Waals surface area contributed by atoms with Crippen molar-refractivity contribution < 1.29 is 14.4 Å². The van der Waals surface area contributed by atoms with Crippen LogP contribution in [0.1, 0.15) is 24.8 Å². The molecule has 1 atom stereocenters. The second kappa shape index (κ2) is 7.84. The largest absolute Gasteiger partial charge is 0.353 e. The molecule has 0 aromatic heterocycles. The van der Waals surface area contributed by atoms with Crippen LogP contribution in [0.25, 0.3) is 0 Å². The standard InChI is InChI=1S/C22H23N3O3/c26-20(23-17-10-11-17)12-15-6-8-18(9-7-15)24-22(28)16-13-21(27)25(14-16)19-4-2-1-3-5-19/h1-9,16-17H,10-14H2,(H,23,26)(H,24,28)/t16-/m1/s1. The molecule has 2 fully saturated rings. The van der Waals surface area contributed by atoms with Gasteiger partial charge in [-0.05, 0) is 42.7 Å². The van der Waals surface area contributed by atoms with Gasteiger partial charge < -0.3 is 15.5 Å². The third-order valence-electron chi connectivity index (χ3n) is 5.09. The van der Waals surface area contributed by atoms with Gasteiger partial charge in [0.25, 0.3) is 0 Å². The van der Waals surface area contributed by atoms with Crippen molar-refractivity contribution in [3.05, 3.63) is 60.2 Å². The highest BCUT2D eigenvalue weighted by Gasteiger charge is 2.35. The van der Waals surface area contributed by atoms with Gasteiger partial charge >= 0.3 is 0 Å². The molecular weight excluding hydrogens is 354 g/mol. The van der Waals surface area contributed by atoms with Crippen LogP contribution in [-0.4, -0.2) is 30.3 Å². The average molecular weight is 377 g/mol. The highest BCUT2D eigenvalue weighted by atomic mass is 16.2. The summed E-state index contributed by atoms with van der Waals surface area (Å²) in [5.74, 6) is -0.546. The van der Waals surface area contributed by atoms with Crippen LogP contribution >= 0.6 is 0 Å². The average Bonchev–Trinajstić information content (AvgIpc) is 3.42. The molecule has 0 bridgehead atoms. The van der Waals surface area contributed by atoms with E-state index in [4.69, 9.17) is 0 Å². The zero-order valence-electron chi connectivity index (χ0n) is 15.6. The molecule has 2 aromatic carbocycles. The summed E-state index contributed by atoms with van der Waals surface area (Å²) in [4.78, 5) is 38.4. The van der Waals surface area contributed by atoms with E-state index < -0.39 is 0 Å². The summed E-state index contributed by atoms with van der Waals surface area (Å²) in [6, 6.07) is 17.0. The van der Waals surface area contributed by atoms with Gasteiger partial charge in [0.05, 0.1) is 12.3 Å². The highest BCUT2D eigenvalue weighted by Crippen LogP contribution is 2.26. The number of rotatable bonds is 6. The molecule has 0 spiro atoms. The van der Waals surface area contributed by atoms with E-state index in [9.17, 15) is 14.4 Å². The van der Waals surface area contributed by atoms with Gasteiger partial charge in [0.1, 0.15) is 0 Å². The third-order valence-corrected chi connectivity index (χ3v) is 5.09. The first-order valence-electron chi connectivity index (χ1n) is 9.63. The van der Waals surface area contributed by atoms with E-state index >= 15 is 0 Å². The fraction of sp³-hybridized carbons (Fsp3) is 0.318. The summed E-state index contributed by atoms with van der Waals surface area (Å²) in [5, 5.41) is 5.84. The van der Waals surface area contributed by atoms with E-state index in [1.165, 1.54) is 0 Å². The molecule has 2 aromatic rings. The maximum atomic E-state index is 12.6.